The van der Waals surface area contributed by atoms with Gasteiger partial charge in [-0.25, -0.2) is 9.59 Å². The van der Waals surface area contributed by atoms with Crippen LogP contribution < -0.4 is 5.32 Å². The number of nitrogens with one attached hydrogen (secondary N) is 1. The van der Waals surface area contributed by atoms with Gasteiger partial charge < -0.3 is 19.7 Å². The highest BCUT2D eigenvalue weighted by molar-refractivity contribution is 5.96. The SMILES string of the molecule is CCCCOC(=O)c1ccc(NC(=O)COC(=O)c2ccc(CN3CCCC3=O)cc2)cc1. The molecule has 8 nitrogen and oxygen atoms in total. The molecule has 0 radical (unpaired) electrons. The Labute approximate surface area is 192 Å². The van der Waals surface area contributed by atoms with Gasteiger partial charge in [0.15, 0.2) is 6.61 Å². The molecule has 8 heteroatoms. The predicted octanol–water partition coefficient (Wildman–Crippen LogP) is 3.56. The average Bonchev–Trinajstić information content (AvgIpc) is 3.22. The summed E-state index contributed by atoms with van der Waals surface area (Å²) in [5, 5.41) is 2.62. The van der Waals surface area contributed by atoms with Crippen LogP contribution in [0.3, 0.4) is 0 Å². The highest BCUT2D eigenvalue weighted by Crippen LogP contribution is 2.15. The number of esters is 2. The first-order valence-electron chi connectivity index (χ1n) is 11.1. The molecule has 0 unspecified atom stereocenters. The average molecular weight is 453 g/mol. The fraction of sp³-hybridized carbons (Fsp3) is 0.360. The first-order chi connectivity index (χ1) is 16.0. The number of rotatable bonds is 10. The van der Waals surface area contributed by atoms with Gasteiger partial charge in [0, 0.05) is 25.2 Å². The van der Waals surface area contributed by atoms with E-state index in [1.807, 2.05) is 6.92 Å². The van der Waals surface area contributed by atoms with Crippen LogP contribution in [0.4, 0.5) is 5.69 Å². The molecule has 2 aromatic rings. The number of benzene rings is 2. The van der Waals surface area contributed by atoms with E-state index >= 15 is 0 Å². The van der Waals surface area contributed by atoms with Crippen molar-refractivity contribution in [2.45, 2.75) is 39.2 Å². The van der Waals surface area contributed by atoms with Gasteiger partial charge >= 0.3 is 11.9 Å². The summed E-state index contributed by atoms with van der Waals surface area (Å²) in [6.45, 7) is 3.22. The van der Waals surface area contributed by atoms with Crippen molar-refractivity contribution in [1.29, 1.82) is 0 Å². The van der Waals surface area contributed by atoms with Crippen molar-refractivity contribution < 1.29 is 28.7 Å². The summed E-state index contributed by atoms with van der Waals surface area (Å²) in [5.41, 5.74) is 2.12. The molecule has 0 bridgehead atoms. The lowest BCUT2D eigenvalue weighted by atomic mass is 10.1. The third kappa shape index (κ3) is 7.17. The number of ether oxygens (including phenoxy) is 2. The van der Waals surface area contributed by atoms with E-state index in [4.69, 9.17) is 9.47 Å². The molecule has 0 aliphatic carbocycles. The van der Waals surface area contributed by atoms with E-state index in [9.17, 15) is 19.2 Å². The lowest BCUT2D eigenvalue weighted by Gasteiger charge is -2.15. The zero-order valence-corrected chi connectivity index (χ0v) is 18.7. The van der Waals surface area contributed by atoms with Crippen molar-refractivity contribution in [3.05, 3.63) is 65.2 Å². The molecule has 3 rings (SSSR count). The zero-order chi connectivity index (χ0) is 23.6. The summed E-state index contributed by atoms with van der Waals surface area (Å²) in [4.78, 5) is 49.7. The number of carbonyl (C=O) groups excluding carboxylic acids is 4. The normalized spacial score (nSPS) is 13.0. The zero-order valence-electron chi connectivity index (χ0n) is 18.7. The Kier molecular flexibility index (Phi) is 8.57. The summed E-state index contributed by atoms with van der Waals surface area (Å²) in [6.07, 6.45) is 3.21. The van der Waals surface area contributed by atoms with Gasteiger partial charge in [0.1, 0.15) is 0 Å². The van der Waals surface area contributed by atoms with Gasteiger partial charge in [-0.2, -0.15) is 0 Å². The first-order valence-corrected chi connectivity index (χ1v) is 11.1. The molecule has 0 spiro atoms. The summed E-state index contributed by atoms with van der Waals surface area (Å²) >= 11 is 0. The van der Waals surface area contributed by atoms with Crippen molar-refractivity contribution in [3.8, 4) is 0 Å². The van der Waals surface area contributed by atoms with Crippen LogP contribution in [0, 0.1) is 0 Å². The molecule has 1 fully saturated rings. The lowest BCUT2D eigenvalue weighted by molar-refractivity contribution is -0.128. The number of hydrogen-bond donors (Lipinski definition) is 1. The summed E-state index contributed by atoms with van der Waals surface area (Å²) in [5.74, 6) is -1.37. The molecule has 1 saturated heterocycles. The molecule has 0 saturated carbocycles. The van der Waals surface area contributed by atoms with Gasteiger partial charge in [-0.05, 0) is 54.8 Å². The van der Waals surface area contributed by atoms with Crippen LogP contribution >= 0.6 is 0 Å². The Morgan fingerprint density at radius 2 is 1.58 bits per heavy atom. The Hall–Kier alpha value is -3.68. The summed E-state index contributed by atoms with van der Waals surface area (Å²) < 4.78 is 10.2. The molecule has 33 heavy (non-hydrogen) atoms. The van der Waals surface area contributed by atoms with Crippen molar-refractivity contribution in [2.24, 2.45) is 0 Å². The highest BCUT2D eigenvalue weighted by Gasteiger charge is 2.20. The summed E-state index contributed by atoms with van der Waals surface area (Å²) in [6, 6.07) is 13.1. The maximum Gasteiger partial charge on any atom is 0.338 e. The maximum atomic E-state index is 12.2. The Morgan fingerprint density at radius 3 is 2.18 bits per heavy atom. The fourth-order valence-electron chi connectivity index (χ4n) is 3.33. The molecule has 174 valence electrons. The van der Waals surface area contributed by atoms with E-state index in [1.165, 1.54) is 0 Å². The number of anilines is 1. The van der Waals surface area contributed by atoms with E-state index in [0.717, 1.165) is 31.4 Å². The number of likely N-dealkylation sites (tertiary alicyclic amines) is 1. The molecule has 1 aliphatic heterocycles. The summed E-state index contributed by atoms with van der Waals surface area (Å²) in [7, 11) is 0. The van der Waals surface area contributed by atoms with Crippen LogP contribution in [0.5, 0.6) is 0 Å². The van der Waals surface area contributed by atoms with Crippen LogP contribution in [0.2, 0.25) is 0 Å². The van der Waals surface area contributed by atoms with Crippen molar-refractivity contribution in [2.75, 3.05) is 25.1 Å². The molecule has 1 heterocycles. The largest absolute Gasteiger partial charge is 0.462 e. The molecule has 0 atom stereocenters. The fourth-order valence-corrected chi connectivity index (χ4v) is 3.33. The molecular formula is C25H28N2O6. The molecule has 1 N–H and O–H groups in total. The third-order valence-corrected chi connectivity index (χ3v) is 5.20. The number of carbonyl (C=O) groups is 4. The van der Waals surface area contributed by atoms with Crippen molar-refractivity contribution in [3.63, 3.8) is 0 Å². The second-order valence-corrected chi connectivity index (χ2v) is 7.81. The minimum atomic E-state index is -0.612. The molecule has 2 amide bonds. The van der Waals surface area contributed by atoms with Crippen LogP contribution in [0.25, 0.3) is 0 Å². The number of nitrogens with zero attached hydrogens (tertiary/aromatic N) is 1. The van der Waals surface area contributed by atoms with E-state index in [1.54, 1.807) is 53.4 Å². The van der Waals surface area contributed by atoms with Gasteiger partial charge in [0.2, 0.25) is 5.91 Å². The number of unbranched alkanes of at least 4 members (excludes halogenated alkanes) is 1. The third-order valence-electron chi connectivity index (χ3n) is 5.20. The first kappa shape index (κ1) is 24.0. The molecule has 1 aliphatic rings. The molecular weight excluding hydrogens is 424 g/mol. The van der Waals surface area contributed by atoms with E-state index in [2.05, 4.69) is 5.32 Å². The Balaban J connectivity index is 1.43. The number of amides is 2. The van der Waals surface area contributed by atoms with Crippen molar-refractivity contribution in [1.82, 2.24) is 4.90 Å². The van der Waals surface area contributed by atoms with E-state index in [0.29, 0.717) is 36.4 Å². The van der Waals surface area contributed by atoms with Gasteiger partial charge in [-0.1, -0.05) is 25.5 Å². The van der Waals surface area contributed by atoms with Gasteiger partial charge in [0.25, 0.3) is 5.91 Å². The quantitative estimate of drug-likeness (QED) is 0.437. The van der Waals surface area contributed by atoms with Gasteiger partial charge in [-0.15, -0.1) is 0 Å². The maximum absolute atomic E-state index is 12.2. The predicted molar refractivity (Wildman–Crippen MR) is 122 cm³/mol. The lowest BCUT2D eigenvalue weighted by Crippen LogP contribution is -2.23. The van der Waals surface area contributed by atoms with Crippen LogP contribution in [0.15, 0.2) is 48.5 Å². The topological polar surface area (TPSA) is 102 Å². The smallest absolute Gasteiger partial charge is 0.338 e. The minimum absolute atomic E-state index is 0.144. The van der Waals surface area contributed by atoms with Crippen LogP contribution in [0.1, 0.15) is 58.9 Å². The Bertz CT molecular complexity index is 985. The minimum Gasteiger partial charge on any atom is -0.462 e. The van der Waals surface area contributed by atoms with Crippen LogP contribution in [-0.2, 0) is 25.6 Å². The number of hydrogen-bond acceptors (Lipinski definition) is 6. The molecule has 2 aromatic carbocycles. The van der Waals surface area contributed by atoms with Crippen molar-refractivity contribution >= 4 is 29.4 Å². The van der Waals surface area contributed by atoms with E-state index < -0.39 is 24.5 Å². The standard InChI is InChI=1S/C25H28N2O6/c1-2-3-15-32-24(30)20-10-12-21(13-11-20)26-22(28)17-33-25(31)19-8-6-18(7-9-19)16-27-14-4-5-23(27)29/h6-13H,2-5,14-17H2,1H3,(H,26,28). The second-order valence-electron chi connectivity index (χ2n) is 7.81. The van der Waals surface area contributed by atoms with Crippen LogP contribution in [-0.4, -0.2) is 48.4 Å². The monoisotopic (exact) mass is 452 g/mol. The second kappa shape index (κ2) is 11.8. The Morgan fingerprint density at radius 1 is 0.939 bits per heavy atom. The molecule has 0 aromatic heterocycles. The van der Waals surface area contributed by atoms with Gasteiger partial charge in [0.05, 0.1) is 17.7 Å². The van der Waals surface area contributed by atoms with Gasteiger partial charge in [-0.3, -0.25) is 9.59 Å². The van der Waals surface area contributed by atoms with E-state index in [-0.39, 0.29) is 5.91 Å². The highest BCUT2D eigenvalue weighted by atomic mass is 16.5.